The number of hydrogen-bond acceptors (Lipinski definition) is 6. The van der Waals surface area contributed by atoms with E-state index in [1.54, 1.807) is 29.0 Å². The first kappa shape index (κ1) is 27.0. The summed E-state index contributed by atoms with van der Waals surface area (Å²) in [6.45, 7) is 3.98. The van der Waals surface area contributed by atoms with E-state index in [-0.39, 0.29) is 34.1 Å². The molecule has 1 spiro atoms. The van der Waals surface area contributed by atoms with Gasteiger partial charge in [-0.25, -0.2) is 9.37 Å². The molecule has 41 heavy (non-hydrogen) atoms. The molecule has 6 rings (SSSR count). The SMILES string of the molecule is CCC(C)c1c2c(cn1-c1cnc(OC)nc1OC)C(=O)N(c1cc(Cl)ccc1F)[C@]21C(=O)Nc2cc(Cl)ccc21. The lowest BCUT2D eigenvalue weighted by Crippen LogP contribution is -2.51. The molecule has 0 saturated heterocycles. The molecule has 210 valence electrons. The van der Waals surface area contributed by atoms with Gasteiger partial charge in [0.05, 0.1) is 31.7 Å². The van der Waals surface area contributed by atoms with Gasteiger partial charge in [0.15, 0.2) is 5.54 Å². The Morgan fingerprint density at radius 3 is 2.51 bits per heavy atom. The van der Waals surface area contributed by atoms with Crippen molar-refractivity contribution in [1.29, 1.82) is 0 Å². The molecule has 4 heterocycles. The summed E-state index contributed by atoms with van der Waals surface area (Å²) in [5.41, 5.74) is 0.721. The molecular formula is C29H24Cl2FN5O4. The number of nitrogens with one attached hydrogen (secondary N) is 1. The number of halogens is 3. The predicted molar refractivity (Wildman–Crippen MR) is 152 cm³/mol. The molecule has 0 bridgehead atoms. The second-order valence-corrected chi connectivity index (χ2v) is 10.7. The van der Waals surface area contributed by atoms with Crippen molar-refractivity contribution in [3.05, 3.63) is 87.0 Å². The largest absolute Gasteiger partial charge is 0.479 e. The molecular weight excluding hydrogens is 572 g/mol. The van der Waals surface area contributed by atoms with Gasteiger partial charge in [-0.3, -0.25) is 14.5 Å². The minimum absolute atomic E-state index is 0.103. The smallest absolute Gasteiger partial charge is 0.319 e. The number of fused-ring (bicyclic) bond motifs is 4. The first-order chi connectivity index (χ1) is 19.7. The van der Waals surface area contributed by atoms with Crippen molar-refractivity contribution in [2.24, 2.45) is 0 Å². The van der Waals surface area contributed by atoms with E-state index in [9.17, 15) is 9.59 Å². The molecule has 2 aliphatic heterocycles. The fourth-order valence-electron chi connectivity index (χ4n) is 5.77. The van der Waals surface area contributed by atoms with Crippen molar-refractivity contribution in [2.75, 3.05) is 24.4 Å². The van der Waals surface area contributed by atoms with Gasteiger partial charge < -0.3 is 19.4 Å². The number of aromatic nitrogens is 3. The summed E-state index contributed by atoms with van der Waals surface area (Å²) in [7, 11) is 2.91. The monoisotopic (exact) mass is 595 g/mol. The van der Waals surface area contributed by atoms with Crippen molar-refractivity contribution in [2.45, 2.75) is 31.7 Å². The summed E-state index contributed by atoms with van der Waals surface area (Å²) in [6, 6.07) is 8.94. The van der Waals surface area contributed by atoms with Crippen LogP contribution in [0.4, 0.5) is 15.8 Å². The normalized spacial score (nSPS) is 18.0. The second kappa shape index (κ2) is 9.74. The Kier molecular flexibility index (Phi) is 6.43. The molecule has 2 atom stereocenters. The number of methoxy groups -OCH3 is 2. The summed E-state index contributed by atoms with van der Waals surface area (Å²) in [4.78, 5) is 38.5. The molecule has 0 saturated carbocycles. The van der Waals surface area contributed by atoms with E-state index in [4.69, 9.17) is 32.7 Å². The summed E-state index contributed by atoms with van der Waals surface area (Å²) in [6.07, 6.45) is 3.80. The number of rotatable bonds is 6. The summed E-state index contributed by atoms with van der Waals surface area (Å²) in [5.74, 6) is -1.77. The predicted octanol–water partition coefficient (Wildman–Crippen LogP) is 6.10. The third-order valence-electron chi connectivity index (χ3n) is 7.70. The number of carbonyl (C=O) groups is 2. The molecule has 0 aliphatic carbocycles. The van der Waals surface area contributed by atoms with Gasteiger partial charge in [0.25, 0.3) is 11.8 Å². The number of anilines is 2. The minimum atomic E-state index is -1.76. The van der Waals surface area contributed by atoms with Gasteiger partial charge in [0.1, 0.15) is 11.5 Å². The van der Waals surface area contributed by atoms with Gasteiger partial charge in [-0.1, -0.05) is 43.1 Å². The fourth-order valence-corrected chi connectivity index (χ4v) is 6.11. The second-order valence-electron chi connectivity index (χ2n) is 9.82. The maximum Gasteiger partial charge on any atom is 0.319 e. The van der Waals surface area contributed by atoms with Crippen LogP contribution < -0.4 is 19.7 Å². The van der Waals surface area contributed by atoms with Crippen LogP contribution in [0.15, 0.2) is 48.8 Å². The zero-order valence-electron chi connectivity index (χ0n) is 22.5. The lowest BCUT2D eigenvalue weighted by molar-refractivity contribution is -0.119. The Morgan fingerprint density at radius 1 is 1.07 bits per heavy atom. The topological polar surface area (TPSA) is 98.6 Å². The number of carbonyl (C=O) groups excluding carboxylic acids is 2. The summed E-state index contributed by atoms with van der Waals surface area (Å²) >= 11 is 12.6. The number of nitrogens with zero attached hydrogens (tertiary/aromatic N) is 4. The molecule has 1 unspecified atom stereocenters. The molecule has 12 heteroatoms. The van der Waals surface area contributed by atoms with E-state index in [1.807, 2.05) is 13.8 Å². The van der Waals surface area contributed by atoms with Crippen LogP contribution in [0.25, 0.3) is 5.69 Å². The average Bonchev–Trinajstić information content (AvgIpc) is 3.57. The number of hydrogen-bond donors (Lipinski definition) is 1. The average molecular weight is 596 g/mol. The highest BCUT2D eigenvalue weighted by atomic mass is 35.5. The van der Waals surface area contributed by atoms with E-state index >= 15 is 4.39 Å². The Labute approximate surface area is 244 Å². The standard InChI is InChI=1S/C29H24Cl2FN5O4/c1-5-14(2)24-23-17(13-36(24)22-12-33-28(41-4)35-25(22)40-3)26(38)37(21-11-16(31)7-9-19(21)32)29(23)18-8-6-15(30)10-20(18)34-27(29)39/h6-14H,5H2,1-4H3,(H,34,39)/t14?,29-/m0/s1. The van der Waals surface area contributed by atoms with Crippen molar-refractivity contribution in [3.8, 4) is 17.6 Å². The maximum absolute atomic E-state index is 15.5. The molecule has 2 amide bonds. The van der Waals surface area contributed by atoms with Gasteiger partial charge in [-0.05, 0) is 42.7 Å². The van der Waals surface area contributed by atoms with Crippen molar-refractivity contribution in [3.63, 3.8) is 0 Å². The van der Waals surface area contributed by atoms with Crippen LogP contribution in [0.2, 0.25) is 10.0 Å². The van der Waals surface area contributed by atoms with Crippen molar-refractivity contribution < 1.29 is 23.5 Å². The van der Waals surface area contributed by atoms with Gasteiger partial charge in [-0.15, -0.1) is 0 Å². The van der Waals surface area contributed by atoms with Gasteiger partial charge in [-0.2, -0.15) is 4.98 Å². The quantitative estimate of drug-likeness (QED) is 0.289. The maximum atomic E-state index is 15.5. The lowest BCUT2D eigenvalue weighted by Gasteiger charge is -2.36. The van der Waals surface area contributed by atoms with Crippen LogP contribution >= 0.6 is 23.2 Å². The number of amides is 2. The Bertz CT molecular complexity index is 1760. The zero-order valence-corrected chi connectivity index (χ0v) is 24.0. The van der Waals surface area contributed by atoms with Crippen LogP contribution in [0.1, 0.15) is 53.4 Å². The van der Waals surface area contributed by atoms with Crippen LogP contribution in [0, 0.1) is 5.82 Å². The fraction of sp³-hybridized carbons (Fsp3) is 0.241. The molecule has 4 aromatic rings. The highest BCUT2D eigenvalue weighted by Crippen LogP contribution is 2.56. The van der Waals surface area contributed by atoms with Crippen LogP contribution in [-0.4, -0.2) is 40.6 Å². The van der Waals surface area contributed by atoms with E-state index in [0.717, 1.165) is 0 Å². The summed E-state index contributed by atoms with van der Waals surface area (Å²) in [5, 5.41) is 3.49. The van der Waals surface area contributed by atoms with Crippen molar-refractivity contribution in [1.82, 2.24) is 14.5 Å². The van der Waals surface area contributed by atoms with Gasteiger partial charge in [0.2, 0.25) is 5.88 Å². The highest BCUT2D eigenvalue weighted by Gasteiger charge is 2.63. The first-order valence-electron chi connectivity index (χ1n) is 12.8. The van der Waals surface area contributed by atoms with Crippen molar-refractivity contribution >= 4 is 46.4 Å². The number of ether oxygens (including phenoxy) is 2. The molecule has 2 aliphatic rings. The molecule has 2 aromatic heterocycles. The highest BCUT2D eigenvalue weighted by molar-refractivity contribution is 6.32. The third kappa shape index (κ3) is 3.74. The molecule has 0 fully saturated rings. The zero-order chi connectivity index (χ0) is 29.2. The first-order valence-corrected chi connectivity index (χ1v) is 13.5. The van der Waals surface area contributed by atoms with Gasteiger partial charge in [0, 0.05) is 38.8 Å². The summed E-state index contributed by atoms with van der Waals surface area (Å²) < 4.78 is 28.0. The van der Waals surface area contributed by atoms with Gasteiger partial charge >= 0.3 is 6.01 Å². The molecule has 1 N–H and O–H groups in total. The number of benzene rings is 2. The third-order valence-corrected chi connectivity index (χ3v) is 8.17. The van der Waals surface area contributed by atoms with E-state index in [2.05, 4.69) is 15.3 Å². The van der Waals surface area contributed by atoms with Crippen LogP contribution in [0.3, 0.4) is 0 Å². The van der Waals surface area contributed by atoms with E-state index in [0.29, 0.717) is 39.6 Å². The van der Waals surface area contributed by atoms with E-state index < -0.39 is 23.2 Å². The lowest BCUT2D eigenvalue weighted by atomic mass is 9.81. The molecule has 2 aromatic carbocycles. The molecule has 0 radical (unpaired) electrons. The van der Waals surface area contributed by atoms with Crippen LogP contribution in [-0.2, 0) is 10.3 Å². The Balaban J connectivity index is 1.74. The molecule has 9 nitrogen and oxygen atoms in total. The van der Waals surface area contributed by atoms with Crippen LogP contribution in [0.5, 0.6) is 11.9 Å². The minimum Gasteiger partial charge on any atom is -0.479 e. The Hall–Kier alpha value is -4.15. The Morgan fingerprint density at radius 2 is 1.80 bits per heavy atom. The van der Waals surface area contributed by atoms with E-state index in [1.165, 1.54) is 43.5 Å².